The molecule has 0 unspecified atom stereocenters. The van der Waals surface area contributed by atoms with E-state index in [0.717, 1.165) is 24.4 Å². The molecule has 0 fully saturated rings. The van der Waals surface area contributed by atoms with Crippen molar-refractivity contribution in [3.05, 3.63) is 64.7 Å². The fraction of sp³-hybridized carbons (Fsp3) is 0.350. The van der Waals surface area contributed by atoms with Crippen LogP contribution >= 0.6 is 0 Å². The Morgan fingerprint density at radius 1 is 1.04 bits per heavy atom. The molecule has 0 aromatic heterocycles. The second-order valence-corrected chi connectivity index (χ2v) is 6.12. The third kappa shape index (κ3) is 5.65. The van der Waals surface area contributed by atoms with E-state index in [1.54, 1.807) is 0 Å². The summed E-state index contributed by atoms with van der Waals surface area (Å²) < 4.78 is 58.1. The SMILES string of the molecule is CB1CCc2ccc(CC(=O)c3ccccc3C(F)(F)F)cc21.CF.CF. The van der Waals surface area contributed by atoms with Crippen molar-refractivity contribution in [1.82, 2.24) is 0 Å². The first-order valence-electron chi connectivity index (χ1n) is 8.43. The summed E-state index contributed by atoms with van der Waals surface area (Å²) in [7, 11) is 1.00. The number of carbonyl (C=O) groups is 1. The largest absolute Gasteiger partial charge is 0.417 e. The first-order valence-corrected chi connectivity index (χ1v) is 8.43. The van der Waals surface area contributed by atoms with Crippen molar-refractivity contribution < 1.29 is 26.7 Å². The van der Waals surface area contributed by atoms with Crippen LogP contribution in [0.15, 0.2) is 42.5 Å². The molecule has 1 aliphatic heterocycles. The highest BCUT2D eigenvalue weighted by molar-refractivity contribution is 6.73. The number of hydrogen-bond acceptors (Lipinski definition) is 1. The van der Waals surface area contributed by atoms with Crippen LogP contribution in [0.2, 0.25) is 13.1 Å². The van der Waals surface area contributed by atoms with Gasteiger partial charge in [-0.1, -0.05) is 60.6 Å². The minimum Gasteiger partial charge on any atom is -0.294 e. The molecule has 146 valence electrons. The summed E-state index contributed by atoms with van der Waals surface area (Å²) in [5, 5.41) is 0. The number of ketones is 1. The average molecular weight is 384 g/mol. The first-order chi connectivity index (χ1) is 12.9. The quantitative estimate of drug-likeness (QED) is 0.405. The van der Waals surface area contributed by atoms with Gasteiger partial charge in [0.25, 0.3) is 0 Å². The molecule has 0 atom stereocenters. The van der Waals surface area contributed by atoms with Gasteiger partial charge in [-0.25, -0.2) is 0 Å². The van der Waals surface area contributed by atoms with E-state index in [2.05, 4.69) is 6.82 Å². The van der Waals surface area contributed by atoms with Crippen LogP contribution in [0, 0.1) is 0 Å². The molecule has 7 heteroatoms. The molecule has 3 rings (SSSR count). The Kier molecular flexibility index (Phi) is 8.67. The molecule has 2 aromatic carbocycles. The van der Waals surface area contributed by atoms with Gasteiger partial charge in [0, 0.05) is 12.0 Å². The molecule has 1 heterocycles. The van der Waals surface area contributed by atoms with E-state index in [1.165, 1.54) is 29.2 Å². The molecule has 0 saturated heterocycles. The molecule has 0 amide bonds. The summed E-state index contributed by atoms with van der Waals surface area (Å²) in [5.74, 6) is -0.497. The molecule has 1 nitrogen and oxygen atoms in total. The van der Waals surface area contributed by atoms with E-state index in [1.807, 2.05) is 18.2 Å². The lowest BCUT2D eigenvalue weighted by Gasteiger charge is -2.12. The summed E-state index contributed by atoms with van der Waals surface area (Å²) in [4.78, 5) is 12.4. The van der Waals surface area contributed by atoms with Crippen molar-refractivity contribution in [2.45, 2.75) is 32.2 Å². The van der Waals surface area contributed by atoms with Crippen LogP contribution in [0.25, 0.3) is 0 Å². The number of aryl methyl sites for hydroxylation is 1. The number of halogens is 5. The topological polar surface area (TPSA) is 17.1 Å². The Morgan fingerprint density at radius 2 is 1.67 bits per heavy atom. The van der Waals surface area contributed by atoms with Crippen LogP contribution in [0.1, 0.15) is 27.0 Å². The van der Waals surface area contributed by atoms with Crippen LogP contribution in [-0.2, 0) is 19.0 Å². The number of hydrogen-bond donors (Lipinski definition) is 0. The molecular weight excluding hydrogens is 362 g/mol. The number of Topliss-reactive ketones (excluding diaryl/α,β-unsaturated/α-hetero) is 1. The molecular formula is C20H22BF5O. The summed E-state index contributed by atoms with van der Waals surface area (Å²) >= 11 is 0. The second kappa shape index (κ2) is 10.2. The van der Waals surface area contributed by atoms with E-state index in [0.29, 0.717) is 21.1 Å². The normalized spacial score (nSPS) is 12.4. The van der Waals surface area contributed by atoms with Gasteiger partial charge in [0.05, 0.1) is 19.9 Å². The maximum absolute atomic E-state index is 13.0. The zero-order chi connectivity index (χ0) is 20.6. The first kappa shape index (κ1) is 22.9. The van der Waals surface area contributed by atoms with Crippen molar-refractivity contribution >= 4 is 18.0 Å². The van der Waals surface area contributed by atoms with E-state index in [-0.39, 0.29) is 12.0 Å². The van der Waals surface area contributed by atoms with Gasteiger partial charge in [0.1, 0.15) is 0 Å². The monoisotopic (exact) mass is 384 g/mol. The zero-order valence-electron chi connectivity index (χ0n) is 15.5. The Bertz CT molecular complexity index is 758. The van der Waals surface area contributed by atoms with E-state index in [9.17, 15) is 26.7 Å². The Hall–Kier alpha value is -2.18. The summed E-state index contributed by atoms with van der Waals surface area (Å²) in [5.41, 5.74) is 2.16. The summed E-state index contributed by atoms with van der Waals surface area (Å²) in [6, 6.07) is 10.8. The lowest BCUT2D eigenvalue weighted by Crippen LogP contribution is -2.23. The van der Waals surface area contributed by atoms with Crippen molar-refractivity contribution in [3.8, 4) is 0 Å². The molecule has 1 aliphatic rings. The van der Waals surface area contributed by atoms with Crippen molar-refractivity contribution in [2.24, 2.45) is 0 Å². The van der Waals surface area contributed by atoms with Gasteiger partial charge in [0.15, 0.2) is 12.5 Å². The Balaban J connectivity index is 0.000000855. The fourth-order valence-electron chi connectivity index (χ4n) is 3.22. The van der Waals surface area contributed by atoms with E-state index >= 15 is 0 Å². The zero-order valence-corrected chi connectivity index (χ0v) is 15.5. The van der Waals surface area contributed by atoms with Crippen molar-refractivity contribution in [2.75, 3.05) is 14.4 Å². The Morgan fingerprint density at radius 3 is 2.30 bits per heavy atom. The van der Waals surface area contributed by atoms with Gasteiger partial charge in [-0.05, 0) is 18.1 Å². The number of benzene rings is 2. The number of fused-ring (bicyclic) bond motifs is 1. The molecule has 0 spiro atoms. The van der Waals surface area contributed by atoms with Gasteiger partial charge in [-0.3, -0.25) is 13.6 Å². The summed E-state index contributed by atoms with van der Waals surface area (Å²) in [6.07, 6.45) is -2.41. The van der Waals surface area contributed by atoms with Gasteiger partial charge in [-0.2, -0.15) is 13.2 Å². The number of alkyl halides is 5. The number of carbonyl (C=O) groups excluding carboxylic acids is 1. The highest BCUT2D eigenvalue weighted by Gasteiger charge is 2.34. The molecule has 2 aromatic rings. The molecule has 0 N–H and O–H groups in total. The highest BCUT2D eigenvalue weighted by atomic mass is 19.4. The van der Waals surface area contributed by atoms with E-state index in [4.69, 9.17) is 0 Å². The van der Waals surface area contributed by atoms with Crippen LogP contribution in [0.3, 0.4) is 0 Å². The molecule has 27 heavy (non-hydrogen) atoms. The lowest BCUT2D eigenvalue weighted by molar-refractivity contribution is -0.137. The van der Waals surface area contributed by atoms with E-state index < -0.39 is 17.5 Å². The Labute approximate surface area is 156 Å². The third-order valence-electron chi connectivity index (χ3n) is 4.49. The smallest absolute Gasteiger partial charge is 0.294 e. The minimum atomic E-state index is -4.52. The van der Waals surface area contributed by atoms with Gasteiger partial charge in [0.2, 0.25) is 0 Å². The minimum absolute atomic E-state index is 0.00685. The fourth-order valence-corrected chi connectivity index (χ4v) is 3.22. The summed E-state index contributed by atoms with van der Waals surface area (Å²) in [6.45, 7) is 2.58. The van der Waals surface area contributed by atoms with Gasteiger partial charge < -0.3 is 0 Å². The maximum atomic E-state index is 13.0. The van der Waals surface area contributed by atoms with Crippen LogP contribution in [0.4, 0.5) is 22.0 Å². The standard InChI is InChI=1S/C18H16BF3O.2CH3F/c1-19-9-8-13-7-6-12(10-16(13)19)11-17(23)14-4-2-3-5-15(14)18(20,21)22;2*1-2/h2-7,10H,8-9,11H2,1H3;2*1H3. The number of rotatable bonds is 3. The van der Waals surface area contributed by atoms with Crippen molar-refractivity contribution in [3.63, 3.8) is 0 Å². The third-order valence-corrected chi connectivity index (χ3v) is 4.49. The van der Waals surface area contributed by atoms with Crippen molar-refractivity contribution in [1.29, 1.82) is 0 Å². The molecule has 0 aliphatic carbocycles. The predicted octanol–water partition coefficient (Wildman–Crippen LogP) is 5.19. The predicted molar refractivity (Wildman–Crippen MR) is 99.7 cm³/mol. The maximum Gasteiger partial charge on any atom is 0.417 e. The van der Waals surface area contributed by atoms with Crippen LogP contribution < -0.4 is 5.46 Å². The highest BCUT2D eigenvalue weighted by Crippen LogP contribution is 2.32. The van der Waals surface area contributed by atoms with Crippen LogP contribution in [-0.4, -0.2) is 26.9 Å². The lowest BCUT2D eigenvalue weighted by atomic mass is 9.48. The van der Waals surface area contributed by atoms with Gasteiger partial charge >= 0.3 is 6.18 Å². The second-order valence-electron chi connectivity index (χ2n) is 6.12. The van der Waals surface area contributed by atoms with Gasteiger partial charge in [-0.15, -0.1) is 0 Å². The molecule has 0 saturated carbocycles. The van der Waals surface area contributed by atoms with Crippen LogP contribution in [0.5, 0.6) is 0 Å². The molecule has 0 radical (unpaired) electrons. The molecule has 0 bridgehead atoms. The average Bonchev–Trinajstić information content (AvgIpc) is 3.05.